The number of anilines is 1. The molecule has 0 aliphatic carbocycles. The van der Waals surface area contributed by atoms with Gasteiger partial charge in [-0.3, -0.25) is 0 Å². The third kappa shape index (κ3) is 3.27. The molecule has 2 rings (SSSR count). The summed E-state index contributed by atoms with van der Waals surface area (Å²) in [6.45, 7) is 3.90. The van der Waals surface area contributed by atoms with E-state index in [1.807, 2.05) is 30.7 Å². The molecular weight excluding hydrogens is 314 g/mol. The average Bonchev–Trinajstić information content (AvgIpc) is 2.79. The van der Waals surface area contributed by atoms with E-state index in [2.05, 4.69) is 37.7 Å². The van der Waals surface area contributed by atoms with Crippen LogP contribution in [0.2, 0.25) is 5.02 Å². The predicted octanol–water partition coefficient (Wildman–Crippen LogP) is 4.32. The van der Waals surface area contributed by atoms with Gasteiger partial charge in [0.2, 0.25) is 0 Å². The number of nitrogens with one attached hydrogen (secondary N) is 1. The summed E-state index contributed by atoms with van der Waals surface area (Å²) in [6.07, 6.45) is 4.87. The average molecular weight is 329 g/mol. The molecule has 1 aromatic carbocycles. The van der Waals surface area contributed by atoms with E-state index < -0.39 is 0 Å². The molecule has 3 nitrogen and oxygen atoms in total. The molecule has 0 fully saturated rings. The minimum atomic E-state index is 0.710. The molecule has 0 amide bonds. The summed E-state index contributed by atoms with van der Waals surface area (Å²) < 4.78 is 3.07. The first-order valence-electron chi connectivity index (χ1n) is 5.88. The predicted molar refractivity (Wildman–Crippen MR) is 79.0 cm³/mol. The molecule has 0 aliphatic heterocycles. The highest BCUT2D eigenvalue weighted by Crippen LogP contribution is 2.25. The smallest absolute Gasteiger partial charge is 0.0948 e. The molecule has 0 bridgehead atoms. The van der Waals surface area contributed by atoms with Gasteiger partial charge in [-0.15, -0.1) is 0 Å². The number of aromatic nitrogens is 2. The van der Waals surface area contributed by atoms with E-state index in [1.54, 1.807) is 0 Å². The van der Waals surface area contributed by atoms with E-state index in [1.165, 1.54) is 5.69 Å². The Morgan fingerprint density at radius 2 is 2.28 bits per heavy atom. The van der Waals surface area contributed by atoms with E-state index in [4.69, 9.17) is 11.6 Å². The van der Waals surface area contributed by atoms with Gasteiger partial charge in [0.05, 0.1) is 23.6 Å². The second-order valence-corrected chi connectivity index (χ2v) is 5.32. The Bertz CT molecular complexity index is 525. The van der Waals surface area contributed by atoms with Gasteiger partial charge in [0.1, 0.15) is 0 Å². The van der Waals surface area contributed by atoms with E-state index in [0.717, 1.165) is 29.7 Å². The van der Waals surface area contributed by atoms with Gasteiger partial charge < -0.3 is 9.88 Å². The van der Waals surface area contributed by atoms with Crippen molar-refractivity contribution < 1.29 is 0 Å². The monoisotopic (exact) mass is 327 g/mol. The Labute approximate surface area is 120 Å². The molecule has 1 N–H and O–H groups in total. The van der Waals surface area contributed by atoms with Crippen molar-refractivity contribution in [2.75, 3.05) is 5.32 Å². The minimum absolute atomic E-state index is 0.710. The van der Waals surface area contributed by atoms with Crippen molar-refractivity contribution in [1.82, 2.24) is 9.55 Å². The Balaban J connectivity index is 2.02. The van der Waals surface area contributed by atoms with Crippen molar-refractivity contribution in [1.29, 1.82) is 0 Å². The van der Waals surface area contributed by atoms with Gasteiger partial charge in [0.15, 0.2) is 0 Å². The Morgan fingerprint density at radius 1 is 1.44 bits per heavy atom. The van der Waals surface area contributed by atoms with Gasteiger partial charge in [0, 0.05) is 22.9 Å². The standard InChI is InChI=1S/C13H15BrClN3/c1-2-5-18-9-16-7-11(18)8-17-10-3-4-12(14)13(15)6-10/h3-4,6-7,9,17H,2,5,8H2,1H3. The summed E-state index contributed by atoms with van der Waals surface area (Å²) in [7, 11) is 0. The summed E-state index contributed by atoms with van der Waals surface area (Å²) in [6, 6.07) is 5.84. The molecule has 2 aromatic rings. The second-order valence-electron chi connectivity index (χ2n) is 4.06. The molecular formula is C13H15BrClN3. The topological polar surface area (TPSA) is 29.9 Å². The summed E-state index contributed by atoms with van der Waals surface area (Å²) >= 11 is 9.43. The van der Waals surface area contributed by atoms with Crippen LogP contribution in [-0.4, -0.2) is 9.55 Å². The SMILES string of the molecule is CCCn1cncc1CNc1ccc(Br)c(Cl)c1. The number of hydrogen-bond donors (Lipinski definition) is 1. The van der Waals surface area contributed by atoms with Crippen molar-refractivity contribution in [2.24, 2.45) is 0 Å². The normalized spacial score (nSPS) is 10.6. The molecule has 0 aliphatic rings. The minimum Gasteiger partial charge on any atom is -0.379 e. The first kappa shape index (κ1) is 13.4. The van der Waals surface area contributed by atoms with E-state index >= 15 is 0 Å². The van der Waals surface area contributed by atoms with Crippen molar-refractivity contribution in [3.05, 3.63) is 45.9 Å². The fourth-order valence-electron chi connectivity index (χ4n) is 1.74. The van der Waals surface area contributed by atoms with Crippen LogP contribution in [0.1, 0.15) is 19.0 Å². The van der Waals surface area contributed by atoms with E-state index in [9.17, 15) is 0 Å². The molecule has 0 saturated carbocycles. The number of benzene rings is 1. The van der Waals surface area contributed by atoms with Crippen LogP contribution in [-0.2, 0) is 13.1 Å². The molecule has 0 atom stereocenters. The fraction of sp³-hybridized carbons (Fsp3) is 0.308. The molecule has 0 saturated heterocycles. The lowest BCUT2D eigenvalue weighted by Crippen LogP contribution is -2.06. The van der Waals surface area contributed by atoms with Gasteiger partial charge in [-0.25, -0.2) is 4.98 Å². The quantitative estimate of drug-likeness (QED) is 0.886. The van der Waals surface area contributed by atoms with Crippen LogP contribution in [0, 0.1) is 0 Å². The second kappa shape index (κ2) is 6.25. The zero-order chi connectivity index (χ0) is 13.0. The lowest BCUT2D eigenvalue weighted by Gasteiger charge is -2.09. The highest BCUT2D eigenvalue weighted by atomic mass is 79.9. The molecule has 96 valence electrons. The number of imidazole rings is 1. The maximum Gasteiger partial charge on any atom is 0.0948 e. The van der Waals surface area contributed by atoms with Gasteiger partial charge in [-0.05, 0) is 40.5 Å². The summed E-state index contributed by atoms with van der Waals surface area (Å²) in [4.78, 5) is 4.17. The van der Waals surface area contributed by atoms with Crippen LogP contribution >= 0.6 is 27.5 Å². The van der Waals surface area contributed by atoms with Gasteiger partial charge in [-0.2, -0.15) is 0 Å². The van der Waals surface area contributed by atoms with Gasteiger partial charge >= 0.3 is 0 Å². The molecule has 1 aromatic heterocycles. The molecule has 0 spiro atoms. The van der Waals surface area contributed by atoms with Crippen LogP contribution in [0.5, 0.6) is 0 Å². The van der Waals surface area contributed by atoms with Gasteiger partial charge in [0.25, 0.3) is 0 Å². The first-order valence-corrected chi connectivity index (χ1v) is 7.05. The third-order valence-electron chi connectivity index (χ3n) is 2.66. The van der Waals surface area contributed by atoms with Crippen molar-refractivity contribution in [3.8, 4) is 0 Å². The summed E-state index contributed by atoms with van der Waals surface area (Å²) in [5.41, 5.74) is 2.18. The number of halogens is 2. The maximum atomic E-state index is 6.05. The van der Waals surface area contributed by atoms with Crippen LogP contribution in [0.4, 0.5) is 5.69 Å². The Hall–Kier alpha value is -1.000. The van der Waals surface area contributed by atoms with Crippen LogP contribution < -0.4 is 5.32 Å². The van der Waals surface area contributed by atoms with Crippen molar-refractivity contribution in [3.63, 3.8) is 0 Å². The zero-order valence-corrected chi connectivity index (χ0v) is 12.5. The highest BCUT2D eigenvalue weighted by molar-refractivity contribution is 9.10. The first-order chi connectivity index (χ1) is 8.70. The highest BCUT2D eigenvalue weighted by Gasteiger charge is 2.02. The van der Waals surface area contributed by atoms with E-state index in [0.29, 0.717) is 5.02 Å². The van der Waals surface area contributed by atoms with Crippen LogP contribution in [0.15, 0.2) is 35.2 Å². The van der Waals surface area contributed by atoms with Gasteiger partial charge in [-0.1, -0.05) is 18.5 Å². The van der Waals surface area contributed by atoms with Crippen molar-refractivity contribution >= 4 is 33.2 Å². The number of aryl methyl sites for hydroxylation is 1. The largest absolute Gasteiger partial charge is 0.379 e. The Morgan fingerprint density at radius 3 is 3.00 bits per heavy atom. The molecule has 0 radical (unpaired) electrons. The molecule has 1 heterocycles. The zero-order valence-electron chi connectivity index (χ0n) is 10.2. The van der Waals surface area contributed by atoms with Crippen LogP contribution in [0.25, 0.3) is 0 Å². The van der Waals surface area contributed by atoms with Crippen molar-refractivity contribution in [2.45, 2.75) is 26.4 Å². The molecule has 18 heavy (non-hydrogen) atoms. The number of nitrogens with zero attached hydrogens (tertiary/aromatic N) is 2. The lowest BCUT2D eigenvalue weighted by molar-refractivity contribution is 0.651. The third-order valence-corrected chi connectivity index (χ3v) is 3.89. The molecule has 0 unspecified atom stereocenters. The number of rotatable bonds is 5. The lowest BCUT2D eigenvalue weighted by atomic mass is 10.3. The maximum absolute atomic E-state index is 6.05. The summed E-state index contributed by atoms with van der Waals surface area (Å²) in [5, 5.41) is 4.06. The fourth-order valence-corrected chi connectivity index (χ4v) is 2.16. The van der Waals surface area contributed by atoms with E-state index in [-0.39, 0.29) is 0 Å². The van der Waals surface area contributed by atoms with Crippen LogP contribution in [0.3, 0.4) is 0 Å². The Kier molecular flexibility index (Phi) is 4.66. The molecule has 5 heteroatoms. The number of hydrogen-bond acceptors (Lipinski definition) is 2. The summed E-state index contributed by atoms with van der Waals surface area (Å²) in [5.74, 6) is 0.